The number of hydrogen-bond acceptors (Lipinski definition) is 0. The Morgan fingerprint density at radius 1 is 1.00 bits per heavy atom. The van der Waals surface area contributed by atoms with Crippen LogP contribution in [-0.2, 0) is 44.1 Å². The molecule has 0 amide bonds. The van der Waals surface area contributed by atoms with Crippen LogP contribution in [0.15, 0.2) is 0 Å². The second-order valence-electron chi connectivity index (χ2n) is 0. The third kappa shape index (κ3) is 8.88. The van der Waals surface area contributed by atoms with Gasteiger partial charge < -0.3 is 0 Å². The van der Waals surface area contributed by atoms with E-state index in [-0.39, 0.29) is 72.4 Å². The largest absolute Gasteiger partial charge is 0.187 e. The number of hydrogen-bond donors (Lipinski definition) is 0. The van der Waals surface area contributed by atoms with Crippen LogP contribution in [0.1, 0.15) is 0 Å². The first-order chi connectivity index (χ1) is 0. The molecule has 1 radical (unpaired) electrons. The van der Waals surface area contributed by atoms with Gasteiger partial charge in [0.15, 0.2) is 17.4 Å². The Balaban J connectivity index is 0. The van der Waals surface area contributed by atoms with Crippen LogP contribution in [0, 0.1) is 0 Å². The van der Waals surface area contributed by atoms with E-state index < -0.39 is 0 Å². The molecule has 0 unspecified atom stereocenters. The van der Waals surface area contributed by atoms with Crippen molar-refractivity contribution in [1.29, 1.82) is 0 Å². The van der Waals surface area contributed by atoms with Gasteiger partial charge in [0.05, 0.1) is 0 Å². The van der Waals surface area contributed by atoms with Crippen LogP contribution < -0.4 is 0 Å². The van der Waals surface area contributed by atoms with E-state index in [0.717, 1.165) is 0 Å². The van der Waals surface area contributed by atoms with Gasteiger partial charge in [-0.2, -0.15) is 0 Å². The fourth-order valence-electron chi connectivity index (χ4n) is 0. The van der Waals surface area contributed by atoms with Crippen LogP contribution in [0.4, 0.5) is 0 Å². The molecule has 0 aliphatic carbocycles. The van der Waals surface area contributed by atoms with Gasteiger partial charge >= 0.3 is 0 Å². The van der Waals surface area contributed by atoms with E-state index in [1.165, 1.54) is 0 Å². The Labute approximate surface area is 71.7 Å². The summed E-state index contributed by atoms with van der Waals surface area (Å²) in [5.74, 6) is 0. The van der Waals surface area contributed by atoms with Gasteiger partial charge in [-0.3, -0.25) is 0 Å². The number of rotatable bonds is 0. The molecule has 4 heavy (non-hydrogen) atoms. The minimum atomic E-state index is 0. The van der Waals surface area contributed by atoms with Crippen LogP contribution in [0.3, 0.4) is 0 Å². The topological polar surface area (TPSA) is 0 Å². The minimum absolute atomic E-state index is 0. The summed E-state index contributed by atoms with van der Waals surface area (Å²) in [6.45, 7) is 0. The van der Waals surface area contributed by atoms with Crippen molar-refractivity contribution in [3.63, 3.8) is 0 Å². The fraction of sp³-hybridized carbons (Fsp3) is 0. The normalized spacial score (nSPS) is 0. The van der Waals surface area contributed by atoms with E-state index in [4.69, 9.17) is 0 Å². The first-order valence-corrected chi connectivity index (χ1v) is 0. The molecule has 0 saturated carbocycles. The SMILES string of the molecule is [AlH3].[Au].[SiH4].[Ti]. The summed E-state index contributed by atoms with van der Waals surface area (Å²) >= 11 is 0. The summed E-state index contributed by atoms with van der Waals surface area (Å²) in [7, 11) is 0. The average molecular weight is 307 g/mol. The van der Waals surface area contributed by atoms with Crippen LogP contribution in [0.25, 0.3) is 0 Å². The van der Waals surface area contributed by atoms with E-state index >= 15 is 0 Å². The second-order valence-corrected chi connectivity index (χ2v) is 0. The molecule has 0 aromatic heterocycles. The van der Waals surface area contributed by atoms with Crippen molar-refractivity contribution in [3.8, 4) is 0 Å². The van der Waals surface area contributed by atoms with Crippen LogP contribution in [-0.4, -0.2) is 28.3 Å². The summed E-state index contributed by atoms with van der Waals surface area (Å²) in [5.41, 5.74) is 0. The Hall–Kier alpha value is 2.20. The molecule has 0 bridgehead atoms. The third-order valence-electron chi connectivity index (χ3n) is 0. The average Bonchev–Trinajstić information content (AvgIpc) is 0. The maximum Gasteiger partial charge on any atom is 0.187 e. The molecule has 0 aromatic rings. The molecule has 0 rings (SSSR count). The summed E-state index contributed by atoms with van der Waals surface area (Å²) in [6.07, 6.45) is 0. The zero-order chi connectivity index (χ0) is 0. The van der Waals surface area contributed by atoms with Gasteiger partial charge in [0, 0.05) is 44.1 Å². The smallest absolute Gasteiger partial charge is 0.0149 e. The van der Waals surface area contributed by atoms with Gasteiger partial charge in [-0.25, -0.2) is 0 Å². The molecule has 0 nitrogen and oxygen atoms in total. The van der Waals surface area contributed by atoms with Crippen molar-refractivity contribution in [3.05, 3.63) is 0 Å². The van der Waals surface area contributed by atoms with Gasteiger partial charge in [0.25, 0.3) is 0 Å². The monoisotopic (exact) mass is 307 g/mol. The molecule has 0 heterocycles. The van der Waals surface area contributed by atoms with E-state index in [9.17, 15) is 0 Å². The molecule has 0 saturated heterocycles. The predicted molar refractivity (Wildman–Crippen MR) is 21.3 cm³/mol. The Morgan fingerprint density at radius 2 is 1.00 bits per heavy atom. The van der Waals surface area contributed by atoms with Crippen molar-refractivity contribution in [1.82, 2.24) is 0 Å². The molecule has 0 fully saturated rings. The van der Waals surface area contributed by atoms with E-state index in [2.05, 4.69) is 0 Å². The zero-order valence-electron chi connectivity index (χ0n) is 0.802. The summed E-state index contributed by atoms with van der Waals surface area (Å²) in [4.78, 5) is 0. The van der Waals surface area contributed by atoms with Crippen LogP contribution in [0.2, 0.25) is 0 Å². The molecular formula is H7AlAuSiTi. The Morgan fingerprint density at radius 3 is 1.00 bits per heavy atom. The van der Waals surface area contributed by atoms with Crippen LogP contribution >= 0.6 is 0 Å². The van der Waals surface area contributed by atoms with Gasteiger partial charge in [0.1, 0.15) is 0 Å². The van der Waals surface area contributed by atoms with Crippen molar-refractivity contribution in [2.24, 2.45) is 0 Å². The first kappa shape index (κ1) is 34.6. The summed E-state index contributed by atoms with van der Waals surface area (Å²) in [6, 6.07) is 0. The third-order valence-corrected chi connectivity index (χ3v) is 0. The maximum absolute atomic E-state index is 0. The van der Waals surface area contributed by atoms with Crippen molar-refractivity contribution >= 4 is 28.3 Å². The van der Waals surface area contributed by atoms with Crippen molar-refractivity contribution < 1.29 is 44.1 Å². The molecule has 0 spiro atoms. The van der Waals surface area contributed by atoms with Crippen LogP contribution in [0.5, 0.6) is 0 Å². The van der Waals surface area contributed by atoms with Gasteiger partial charge in [-0.05, 0) is 11.0 Å². The van der Waals surface area contributed by atoms with Crippen molar-refractivity contribution in [2.45, 2.75) is 0 Å². The molecule has 29 valence electrons. The summed E-state index contributed by atoms with van der Waals surface area (Å²) in [5, 5.41) is 0. The molecule has 0 atom stereocenters. The molecule has 0 aromatic carbocycles. The standard InChI is InChI=1S/Al.Au.H4Si.Ti.3H/h;;1H4;;;;. The molecule has 0 N–H and O–H groups in total. The summed E-state index contributed by atoms with van der Waals surface area (Å²) < 4.78 is 0. The van der Waals surface area contributed by atoms with Gasteiger partial charge in [0.2, 0.25) is 0 Å². The molecule has 0 aliphatic heterocycles. The minimum Gasteiger partial charge on any atom is -0.0149 e. The Bertz CT molecular complexity index is 8.00. The van der Waals surface area contributed by atoms with Gasteiger partial charge in [-0.15, -0.1) is 0 Å². The van der Waals surface area contributed by atoms with Crippen molar-refractivity contribution in [2.75, 3.05) is 0 Å². The first-order valence-electron chi connectivity index (χ1n) is 0. The molecule has 0 aliphatic rings. The predicted octanol–water partition coefficient (Wildman–Crippen LogP) is -2.64. The van der Waals surface area contributed by atoms with E-state index in [1.54, 1.807) is 0 Å². The fourth-order valence-corrected chi connectivity index (χ4v) is 0. The molecular weight excluding hydrogens is 300 g/mol. The quantitative estimate of drug-likeness (QED) is 0.429. The Kier molecular flexibility index (Phi) is 164. The zero-order valence-corrected chi connectivity index (χ0v) is 4.53. The van der Waals surface area contributed by atoms with E-state index in [1.807, 2.05) is 0 Å². The second kappa shape index (κ2) is 18.9. The molecule has 4 heteroatoms. The van der Waals surface area contributed by atoms with E-state index in [0.29, 0.717) is 0 Å². The van der Waals surface area contributed by atoms with Gasteiger partial charge in [-0.1, -0.05) is 0 Å². The maximum atomic E-state index is 0.